The highest BCUT2D eigenvalue weighted by Crippen LogP contribution is 2.34. The number of hydrogen-bond acceptors (Lipinski definition) is 3. The van der Waals surface area contributed by atoms with Crippen molar-refractivity contribution in [3.63, 3.8) is 0 Å². The average Bonchev–Trinajstić information content (AvgIpc) is 2.41. The predicted octanol–water partition coefficient (Wildman–Crippen LogP) is 1.42. The summed E-state index contributed by atoms with van der Waals surface area (Å²) in [6.45, 7) is 0. The molecule has 0 aromatic rings. The summed E-state index contributed by atoms with van der Waals surface area (Å²) in [5.41, 5.74) is -0.984. The minimum Gasteiger partial charge on any atom is -0.480 e. The van der Waals surface area contributed by atoms with Gasteiger partial charge in [-0.3, -0.25) is 4.79 Å². The first-order chi connectivity index (χ1) is 9.61. The van der Waals surface area contributed by atoms with Gasteiger partial charge in [0.05, 0.1) is 6.04 Å². The van der Waals surface area contributed by atoms with Gasteiger partial charge in [-0.15, -0.1) is 0 Å². The Morgan fingerprint density at radius 3 is 2.45 bits per heavy atom. The van der Waals surface area contributed by atoms with E-state index in [0.717, 1.165) is 25.7 Å². The molecule has 20 heavy (non-hydrogen) atoms. The topological polar surface area (TPSA) is 78.4 Å². The van der Waals surface area contributed by atoms with Crippen molar-refractivity contribution in [2.45, 2.75) is 75.4 Å². The van der Waals surface area contributed by atoms with Crippen LogP contribution < -0.4 is 10.6 Å². The van der Waals surface area contributed by atoms with E-state index in [1.165, 1.54) is 19.3 Å². The molecule has 0 radical (unpaired) electrons. The molecule has 3 atom stereocenters. The molecule has 0 bridgehead atoms. The fraction of sp³-hybridized carbons (Fsp3) is 0.867. The van der Waals surface area contributed by atoms with Crippen molar-refractivity contribution in [3.8, 4) is 0 Å². The van der Waals surface area contributed by atoms with Crippen molar-refractivity contribution in [3.05, 3.63) is 0 Å². The van der Waals surface area contributed by atoms with Crippen molar-refractivity contribution in [1.29, 1.82) is 0 Å². The SMILES string of the molecule is O=C(NC1(C(=O)O)CCC1)C1CCC2CCCCC2N1. The van der Waals surface area contributed by atoms with Crippen LogP contribution in [-0.4, -0.2) is 34.6 Å². The van der Waals surface area contributed by atoms with Gasteiger partial charge >= 0.3 is 5.97 Å². The van der Waals surface area contributed by atoms with Crippen molar-refractivity contribution < 1.29 is 14.7 Å². The molecule has 3 unspecified atom stereocenters. The normalized spacial score (nSPS) is 35.5. The Morgan fingerprint density at radius 1 is 1.05 bits per heavy atom. The Hall–Kier alpha value is -1.10. The quantitative estimate of drug-likeness (QED) is 0.730. The Morgan fingerprint density at radius 2 is 1.80 bits per heavy atom. The van der Waals surface area contributed by atoms with Crippen LogP contribution >= 0.6 is 0 Å². The Kier molecular flexibility index (Phi) is 3.71. The molecule has 1 aliphatic heterocycles. The molecular weight excluding hydrogens is 256 g/mol. The number of rotatable bonds is 3. The summed E-state index contributed by atoms with van der Waals surface area (Å²) in [5, 5.41) is 15.5. The summed E-state index contributed by atoms with van der Waals surface area (Å²) >= 11 is 0. The van der Waals surface area contributed by atoms with E-state index in [4.69, 9.17) is 0 Å². The van der Waals surface area contributed by atoms with E-state index in [1.807, 2.05) is 0 Å². The van der Waals surface area contributed by atoms with Gasteiger partial charge in [0.2, 0.25) is 5.91 Å². The van der Waals surface area contributed by atoms with Gasteiger partial charge in [-0.25, -0.2) is 4.79 Å². The van der Waals surface area contributed by atoms with Gasteiger partial charge in [0, 0.05) is 6.04 Å². The van der Waals surface area contributed by atoms with Crippen molar-refractivity contribution in [1.82, 2.24) is 10.6 Å². The van der Waals surface area contributed by atoms with Crippen LogP contribution in [0.4, 0.5) is 0 Å². The Bertz CT molecular complexity index is 406. The van der Waals surface area contributed by atoms with Gasteiger partial charge in [0.25, 0.3) is 0 Å². The van der Waals surface area contributed by atoms with Crippen LogP contribution in [0.1, 0.15) is 57.8 Å². The molecule has 2 saturated carbocycles. The molecule has 0 aromatic carbocycles. The molecule has 112 valence electrons. The van der Waals surface area contributed by atoms with Gasteiger partial charge in [-0.2, -0.15) is 0 Å². The van der Waals surface area contributed by atoms with Crippen LogP contribution in [0.3, 0.4) is 0 Å². The van der Waals surface area contributed by atoms with Crippen LogP contribution in [0, 0.1) is 5.92 Å². The second kappa shape index (κ2) is 5.35. The Balaban J connectivity index is 1.59. The van der Waals surface area contributed by atoms with Gasteiger partial charge < -0.3 is 15.7 Å². The summed E-state index contributed by atoms with van der Waals surface area (Å²) in [6.07, 6.45) is 8.90. The zero-order chi connectivity index (χ0) is 14.2. The molecule has 5 heteroatoms. The molecule has 3 rings (SSSR count). The number of aliphatic carboxylic acids is 1. The number of hydrogen-bond donors (Lipinski definition) is 3. The van der Waals surface area contributed by atoms with Crippen LogP contribution in [0.2, 0.25) is 0 Å². The highest BCUT2D eigenvalue weighted by Gasteiger charge is 2.47. The first-order valence-corrected chi connectivity index (χ1v) is 7.92. The maximum absolute atomic E-state index is 12.3. The fourth-order valence-electron chi connectivity index (χ4n) is 3.95. The fourth-order valence-corrected chi connectivity index (χ4v) is 3.95. The summed E-state index contributed by atoms with van der Waals surface area (Å²) in [6, 6.07) is 0.251. The lowest BCUT2D eigenvalue weighted by Crippen LogP contribution is -2.64. The van der Waals surface area contributed by atoms with E-state index in [2.05, 4.69) is 10.6 Å². The summed E-state index contributed by atoms with van der Waals surface area (Å²) in [7, 11) is 0. The smallest absolute Gasteiger partial charge is 0.329 e. The summed E-state index contributed by atoms with van der Waals surface area (Å²) in [4.78, 5) is 23.7. The first kappa shape index (κ1) is 13.9. The van der Waals surface area contributed by atoms with Crippen molar-refractivity contribution in [2.24, 2.45) is 5.92 Å². The molecule has 0 aromatic heterocycles. The van der Waals surface area contributed by atoms with Crippen LogP contribution in [-0.2, 0) is 9.59 Å². The second-order valence-corrected chi connectivity index (χ2v) is 6.68. The highest BCUT2D eigenvalue weighted by atomic mass is 16.4. The maximum Gasteiger partial charge on any atom is 0.329 e. The zero-order valence-electron chi connectivity index (χ0n) is 11.9. The number of piperidine rings is 1. The first-order valence-electron chi connectivity index (χ1n) is 7.92. The van der Waals surface area contributed by atoms with Gasteiger partial charge in [0.15, 0.2) is 0 Å². The molecule has 3 N–H and O–H groups in total. The number of fused-ring (bicyclic) bond motifs is 1. The van der Waals surface area contributed by atoms with E-state index in [9.17, 15) is 14.7 Å². The third-order valence-corrected chi connectivity index (χ3v) is 5.45. The van der Waals surface area contributed by atoms with E-state index < -0.39 is 11.5 Å². The number of amides is 1. The summed E-state index contributed by atoms with van der Waals surface area (Å²) in [5.74, 6) is -0.287. The zero-order valence-corrected chi connectivity index (χ0v) is 11.9. The molecule has 1 heterocycles. The molecule has 3 fully saturated rings. The predicted molar refractivity (Wildman–Crippen MR) is 74.3 cm³/mol. The lowest BCUT2D eigenvalue weighted by Gasteiger charge is -2.43. The minimum absolute atomic E-state index is 0.115. The minimum atomic E-state index is -0.984. The van der Waals surface area contributed by atoms with Gasteiger partial charge in [-0.1, -0.05) is 12.8 Å². The van der Waals surface area contributed by atoms with Crippen LogP contribution in [0.15, 0.2) is 0 Å². The van der Waals surface area contributed by atoms with E-state index in [1.54, 1.807) is 0 Å². The molecule has 2 aliphatic carbocycles. The molecule has 0 spiro atoms. The Labute approximate surface area is 119 Å². The van der Waals surface area contributed by atoms with Gasteiger partial charge in [-0.05, 0) is 50.9 Å². The molecule has 1 saturated heterocycles. The lowest BCUT2D eigenvalue weighted by atomic mass is 9.75. The molecule has 1 amide bonds. The van der Waals surface area contributed by atoms with Gasteiger partial charge in [0.1, 0.15) is 5.54 Å². The van der Waals surface area contributed by atoms with E-state index >= 15 is 0 Å². The van der Waals surface area contributed by atoms with E-state index in [0.29, 0.717) is 24.8 Å². The third-order valence-electron chi connectivity index (χ3n) is 5.45. The van der Waals surface area contributed by atoms with Crippen molar-refractivity contribution >= 4 is 11.9 Å². The van der Waals surface area contributed by atoms with Crippen LogP contribution in [0.5, 0.6) is 0 Å². The summed E-state index contributed by atoms with van der Waals surface area (Å²) < 4.78 is 0. The second-order valence-electron chi connectivity index (χ2n) is 6.68. The third kappa shape index (κ3) is 2.43. The van der Waals surface area contributed by atoms with Crippen molar-refractivity contribution in [2.75, 3.05) is 0 Å². The number of nitrogens with one attached hydrogen (secondary N) is 2. The molecule has 5 nitrogen and oxygen atoms in total. The number of carboxylic acid groups (broad SMARTS) is 1. The monoisotopic (exact) mass is 280 g/mol. The highest BCUT2D eigenvalue weighted by molar-refractivity contribution is 5.90. The molecular formula is C15H24N2O3. The number of carboxylic acids is 1. The van der Waals surface area contributed by atoms with E-state index in [-0.39, 0.29) is 11.9 Å². The number of carbonyl (C=O) groups is 2. The largest absolute Gasteiger partial charge is 0.480 e. The lowest BCUT2D eigenvalue weighted by molar-refractivity contribution is -0.152. The average molecular weight is 280 g/mol. The standard InChI is InChI=1S/C15H24N2O3/c18-13(17-15(14(19)20)8-3-9-15)12-7-6-10-4-1-2-5-11(10)16-12/h10-12,16H,1-9H2,(H,17,18)(H,19,20). The molecule has 3 aliphatic rings. The maximum atomic E-state index is 12.3. The number of carbonyl (C=O) groups excluding carboxylic acids is 1. The van der Waals surface area contributed by atoms with Crippen LogP contribution in [0.25, 0.3) is 0 Å².